The lowest BCUT2D eigenvalue weighted by Gasteiger charge is -2.25. The average molecular weight is 298 g/mol. The highest BCUT2D eigenvalue weighted by Crippen LogP contribution is 2.17. The Morgan fingerprint density at radius 1 is 1.30 bits per heavy atom. The van der Waals surface area contributed by atoms with E-state index in [0.29, 0.717) is 5.92 Å². The summed E-state index contributed by atoms with van der Waals surface area (Å²) in [6, 6.07) is 8.16. The standard InChI is InChI=1S/C17H28ClNO/c1-5-20-10-9-15(13-19-17(2,3)4)11-14-7-6-8-16(18)12-14/h6-8,12,15,19H,5,9-11,13H2,1-4H3. The van der Waals surface area contributed by atoms with Crippen LogP contribution in [-0.2, 0) is 11.2 Å². The predicted octanol–water partition coefficient (Wildman–Crippen LogP) is 4.31. The molecule has 2 nitrogen and oxygen atoms in total. The lowest BCUT2D eigenvalue weighted by molar-refractivity contribution is 0.130. The molecule has 1 aromatic carbocycles. The van der Waals surface area contributed by atoms with E-state index in [4.69, 9.17) is 16.3 Å². The van der Waals surface area contributed by atoms with E-state index >= 15 is 0 Å². The van der Waals surface area contributed by atoms with Crippen LogP contribution in [0.2, 0.25) is 5.02 Å². The highest BCUT2D eigenvalue weighted by Gasteiger charge is 2.15. The van der Waals surface area contributed by atoms with Crippen LogP contribution >= 0.6 is 11.6 Å². The van der Waals surface area contributed by atoms with Gasteiger partial charge in [0.15, 0.2) is 0 Å². The summed E-state index contributed by atoms with van der Waals surface area (Å²) < 4.78 is 5.50. The number of halogens is 1. The Morgan fingerprint density at radius 2 is 2.05 bits per heavy atom. The van der Waals surface area contributed by atoms with Crippen LogP contribution in [0.1, 0.15) is 39.7 Å². The van der Waals surface area contributed by atoms with Crippen LogP contribution in [0.5, 0.6) is 0 Å². The monoisotopic (exact) mass is 297 g/mol. The molecule has 0 aliphatic carbocycles. The molecule has 0 saturated heterocycles. The van der Waals surface area contributed by atoms with Gasteiger partial charge in [-0.1, -0.05) is 23.7 Å². The van der Waals surface area contributed by atoms with E-state index in [2.05, 4.69) is 38.2 Å². The molecule has 1 rings (SSSR count). The zero-order valence-electron chi connectivity index (χ0n) is 13.2. The Kier molecular flexibility index (Phi) is 7.57. The van der Waals surface area contributed by atoms with Gasteiger partial charge in [0.05, 0.1) is 0 Å². The van der Waals surface area contributed by atoms with Gasteiger partial charge < -0.3 is 10.1 Å². The second-order valence-corrected chi connectivity index (χ2v) is 6.75. The van der Waals surface area contributed by atoms with Gasteiger partial charge in [0, 0.05) is 23.8 Å². The van der Waals surface area contributed by atoms with Gasteiger partial charge in [0.1, 0.15) is 0 Å². The van der Waals surface area contributed by atoms with Crippen molar-refractivity contribution >= 4 is 11.6 Å². The first-order valence-corrected chi connectivity index (χ1v) is 7.85. The first-order valence-electron chi connectivity index (χ1n) is 7.48. The van der Waals surface area contributed by atoms with Crippen molar-refractivity contribution in [2.24, 2.45) is 5.92 Å². The molecule has 0 fully saturated rings. The van der Waals surface area contributed by atoms with Crippen LogP contribution in [-0.4, -0.2) is 25.3 Å². The van der Waals surface area contributed by atoms with Crippen LogP contribution in [0.25, 0.3) is 0 Å². The molecule has 20 heavy (non-hydrogen) atoms. The molecule has 1 N–H and O–H groups in total. The predicted molar refractivity (Wildman–Crippen MR) is 87.5 cm³/mol. The van der Waals surface area contributed by atoms with Crippen molar-refractivity contribution in [3.63, 3.8) is 0 Å². The number of nitrogens with one attached hydrogen (secondary N) is 1. The number of ether oxygens (including phenoxy) is 1. The lowest BCUT2D eigenvalue weighted by Crippen LogP contribution is -2.39. The average Bonchev–Trinajstić information content (AvgIpc) is 2.35. The number of hydrogen-bond acceptors (Lipinski definition) is 2. The number of rotatable bonds is 8. The van der Waals surface area contributed by atoms with E-state index in [0.717, 1.165) is 37.6 Å². The second-order valence-electron chi connectivity index (χ2n) is 6.32. The van der Waals surface area contributed by atoms with Crippen LogP contribution in [0.15, 0.2) is 24.3 Å². The Morgan fingerprint density at radius 3 is 2.65 bits per heavy atom. The third-order valence-electron chi connectivity index (χ3n) is 3.21. The summed E-state index contributed by atoms with van der Waals surface area (Å²) in [6.07, 6.45) is 2.11. The van der Waals surface area contributed by atoms with E-state index in [-0.39, 0.29) is 5.54 Å². The molecule has 0 bridgehead atoms. The first-order chi connectivity index (χ1) is 9.40. The van der Waals surface area contributed by atoms with E-state index < -0.39 is 0 Å². The van der Waals surface area contributed by atoms with Gasteiger partial charge in [-0.3, -0.25) is 0 Å². The first kappa shape index (κ1) is 17.5. The molecule has 1 aromatic rings. The Hall–Kier alpha value is -0.570. The van der Waals surface area contributed by atoms with E-state index in [1.54, 1.807) is 0 Å². The molecular weight excluding hydrogens is 270 g/mol. The molecule has 0 aliphatic rings. The summed E-state index contributed by atoms with van der Waals surface area (Å²) in [4.78, 5) is 0. The van der Waals surface area contributed by atoms with Crippen LogP contribution in [0.4, 0.5) is 0 Å². The van der Waals surface area contributed by atoms with Gasteiger partial charge >= 0.3 is 0 Å². The Bertz CT molecular complexity index is 387. The van der Waals surface area contributed by atoms with Crippen molar-refractivity contribution in [3.8, 4) is 0 Å². The fourth-order valence-corrected chi connectivity index (χ4v) is 2.33. The topological polar surface area (TPSA) is 21.3 Å². The van der Waals surface area contributed by atoms with E-state index in [9.17, 15) is 0 Å². The zero-order chi connectivity index (χ0) is 15.0. The quantitative estimate of drug-likeness (QED) is 0.722. The zero-order valence-corrected chi connectivity index (χ0v) is 14.0. The minimum Gasteiger partial charge on any atom is -0.382 e. The van der Waals surface area contributed by atoms with Gasteiger partial charge in [0.25, 0.3) is 0 Å². The fraction of sp³-hybridized carbons (Fsp3) is 0.647. The third-order valence-corrected chi connectivity index (χ3v) is 3.44. The van der Waals surface area contributed by atoms with Crippen LogP contribution in [0.3, 0.4) is 0 Å². The molecule has 1 atom stereocenters. The van der Waals surface area contributed by atoms with Crippen molar-refractivity contribution in [2.75, 3.05) is 19.8 Å². The summed E-state index contributed by atoms with van der Waals surface area (Å²) >= 11 is 6.06. The fourth-order valence-electron chi connectivity index (χ4n) is 2.12. The third kappa shape index (κ3) is 7.88. The molecule has 0 heterocycles. The molecular formula is C17H28ClNO. The minimum absolute atomic E-state index is 0.151. The molecule has 0 spiro atoms. The van der Waals surface area contributed by atoms with E-state index in [1.807, 2.05) is 19.1 Å². The second kappa shape index (κ2) is 8.66. The largest absolute Gasteiger partial charge is 0.382 e. The smallest absolute Gasteiger partial charge is 0.0469 e. The summed E-state index contributed by atoms with van der Waals surface area (Å²) in [5.74, 6) is 0.569. The van der Waals surface area contributed by atoms with Crippen molar-refractivity contribution < 1.29 is 4.74 Å². The van der Waals surface area contributed by atoms with Crippen LogP contribution in [0, 0.1) is 5.92 Å². The van der Waals surface area contributed by atoms with E-state index in [1.165, 1.54) is 5.56 Å². The maximum Gasteiger partial charge on any atom is 0.0469 e. The van der Waals surface area contributed by atoms with Crippen LogP contribution < -0.4 is 5.32 Å². The maximum absolute atomic E-state index is 6.06. The summed E-state index contributed by atoms with van der Waals surface area (Å²) in [5, 5.41) is 4.41. The number of hydrogen-bond donors (Lipinski definition) is 1. The Balaban J connectivity index is 2.56. The molecule has 0 radical (unpaired) electrons. The Labute approximate surface area is 128 Å². The van der Waals surface area contributed by atoms with Crippen molar-refractivity contribution in [1.82, 2.24) is 5.32 Å². The highest BCUT2D eigenvalue weighted by atomic mass is 35.5. The molecule has 114 valence electrons. The van der Waals surface area contributed by atoms with Gasteiger partial charge in [-0.25, -0.2) is 0 Å². The van der Waals surface area contributed by atoms with Gasteiger partial charge in [-0.2, -0.15) is 0 Å². The molecule has 0 aromatic heterocycles. The molecule has 3 heteroatoms. The van der Waals surface area contributed by atoms with Crippen molar-refractivity contribution in [2.45, 2.75) is 46.1 Å². The molecule has 0 saturated carbocycles. The van der Waals surface area contributed by atoms with Gasteiger partial charge in [-0.15, -0.1) is 0 Å². The normalized spacial score (nSPS) is 13.4. The molecule has 0 amide bonds. The summed E-state index contributed by atoms with van der Waals surface area (Å²) in [6.45, 7) is 11.3. The lowest BCUT2D eigenvalue weighted by atomic mass is 9.95. The molecule has 0 aliphatic heterocycles. The summed E-state index contributed by atoms with van der Waals surface area (Å²) in [7, 11) is 0. The van der Waals surface area contributed by atoms with Gasteiger partial charge in [-0.05, 0) is 70.7 Å². The van der Waals surface area contributed by atoms with Gasteiger partial charge in [0.2, 0.25) is 0 Å². The minimum atomic E-state index is 0.151. The highest BCUT2D eigenvalue weighted by molar-refractivity contribution is 6.30. The maximum atomic E-state index is 6.06. The summed E-state index contributed by atoms with van der Waals surface area (Å²) in [5.41, 5.74) is 1.45. The van der Waals surface area contributed by atoms with Crippen molar-refractivity contribution in [3.05, 3.63) is 34.9 Å². The molecule has 1 unspecified atom stereocenters. The number of benzene rings is 1. The SMILES string of the molecule is CCOCCC(CNC(C)(C)C)Cc1cccc(Cl)c1. The van der Waals surface area contributed by atoms with Crippen molar-refractivity contribution in [1.29, 1.82) is 0 Å².